The molecule has 0 spiro atoms. The highest BCUT2D eigenvalue weighted by Gasteiger charge is 2.39. The van der Waals surface area contributed by atoms with E-state index in [9.17, 15) is 14.7 Å². The summed E-state index contributed by atoms with van der Waals surface area (Å²) in [4.78, 5) is 24.6. The molecule has 0 aromatic heterocycles. The number of methoxy groups -OCH3 is 1. The van der Waals surface area contributed by atoms with Gasteiger partial charge in [-0.25, -0.2) is 4.79 Å². The van der Waals surface area contributed by atoms with Crippen LogP contribution in [0.25, 0.3) is 0 Å². The Hall–Kier alpha value is -3.03. The largest absolute Gasteiger partial charge is 0.496 e. The van der Waals surface area contributed by atoms with E-state index in [0.29, 0.717) is 27.6 Å². The van der Waals surface area contributed by atoms with Crippen LogP contribution in [0.4, 0.5) is 0 Å². The van der Waals surface area contributed by atoms with Crippen molar-refractivity contribution in [3.8, 4) is 11.5 Å². The van der Waals surface area contributed by atoms with Crippen LogP contribution in [0.2, 0.25) is 5.02 Å². The summed E-state index contributed by atoms with van der Waals surface area (Å²) in [6.07, 6.45) is 8.07. The quantitative estimate of drug-likeness (QED) is 0.506. The van der Waals surface area contributed by atoms with Crippen LogP contribution in [0.5, 0.6) is 11.5 Å². The van der Waals surface area contributed by atoms with Gasteiger partial charge in [0, 0.05) is 18.5 Å². The van der Waals surface area contributed by atoms with Crippen molar-refractivity contribution in [2.24, 2.45) is 0 Å². The van der Waals surface area contributed by atoms with Gasteiger partial charge in [0.2, 0.25) is 0 Å². The first-order valence-corrected chi connectivity index (χ1v) is 11.7. The second kappa shape index (κ2) is 10.5. The molecule has 1 amide bonds. The molecule has 8 heteroatoms. The van der Waals surface area contributed by atoms with Gasteiger partial charge in [-0.3, -0.25) is 4.79 Å². The maximum absolute atomic E-state index is 12.8. The van der Waals surface area contributed by atoms with Crippen molar-refractivity contribution in [2.45, 2.75) is 50.4 Å². The number of rotatable bonds is 9. The number of carboxylic acids is 1. The lowest BCUT2D eigenvalue weighted by molar-refractivity contribution is -0.156. The van der Waals surface area contributed by atoms with Crippen molar-refractivity contribution in [3.63, 3.8) is 0 Å². The highest BCUT2D eigenvalue weighted by molar-refractivity contribution is 6.34. The Morgan fingerprint density at radius 1 is 1.21 bits per heavy atom. The molecule has 7 nitrogen and oxygen atoms in total. The Morgan fingerprint density at radius 3 is 2.65 bits per heavy atom. The van der Waals surface area contributed by atoms with Gasteiger partial charge in [-0.15, -0.1) is 0 Å². The zero-order chi connectivity index (χ0) is 24.1. The first-order chi connectivity index (χ1) is 16.4. The second-order valence-electron chi connectivity index (χ2n) is 8.58. The van der Waals surface area contributed by atoms with Gasteiger partial charge >= 0.3 is 5.97 Å². The number of carboxylic acid groups (broad SMARTS) is 1. The minimum atomic E-state index is -1.38. The zero-order valence-electron chi connectivity index (χ0n) is 19.0. The number of hydrogen-bond donors (Lipinski definition) is 2. The molecule has 1 fully saturated rings. The molecule has 180 valence electrons. The summed E-state index contributed by atoms with van der Waals surface area (Å²) in [5.41, 5.74) is 0.439. The van der Waals surface area contributed by atoms with Crippen molar-refractivity contribution >= 4 is 23.5 Å². The normalized spacial score (nSPS) is 19.8. The molecule has 2 N–H and O–H groups in total. The lowest BCUT2D eigenvalue weighted by Gasteiger charge is -2.22. The predicted octanol–water partition coefficient (Wildman–Crippen LogP) is 4.55. The lowest BCUT2D eigenvalue weighted by atomic mass is 9.93. The number of aliphatic carboxylic acids is 1. The third kappa shape index (κ3) is 5.37. The molecule has 2 aromatic rings. The molecule has 1 saturated carbocycles. The third-order valence-electron chi connectivity index (χ3n) is 6.23. The van der Waals surface area contributed by atoms with Gasteiger partial charge in [0.1, 0.15) is 11.5 Å². The Balaban J connectivity index is 1.44. The summed E-state index contributed by atoms with van der Waals surface area (Å²) in [5, 5.41) is 12.8. The van der Waals surface area contributed by atoms with E-state index in [1.165, 1.54) is 12.8 Å². The van der Waals surface area contributed by atoms with Crippen LogP contribution in [0.1, 0.15) is 47.2 Å². The molecule has 4 rings (SSSR count). The molecule has 0 bridgehead atoms. The van der Waals surface area contributed by atoms with E-state index in [4.69, 9.17) is 25.8 Å². The van der Waals surface area contributed by atoms with Crippen LogP contribution < -0.4 is 14.8 Å². The number of nitrogens with one attached hydrogen (secondary N) is 1. The van der Waals surface area contributed by atoms with Crippen molar-refractivity contribution in [2.75, 3.05) is 13.7 Å². The summed E-state index contributed by atoms with van der Waals surface area (Å²) >= 11 is 6.37. The Kier molecular flexibility index (Phi) is 7.44. The van der Waals surface area contributed by atoms with Crippen molar-refractivity contribution in [3.05, 3.63) is 70.3 Å². The molecule has 2 aliphatic rings. The molecule has 0 saturated heterocycles. The minimum Gasteiger partial charge on any atom is -0.496 e. The van der Waals surface area contributed by atoms with Gasteiger partial charge in [-0.05, 0) is 61.6 Å². The maximum Gasteiger partial charge on any atom is 0.340 e. The lowest BCUT2D eigenvalue weighted by Crippen LogP contribution is -2.39. The smallest absolute Gasteiger partial charge is 0.340 e. The number of hydrogen-bond acceptors (Lipinski definition) is 5. The highest BCUT2D eigenvalue weighted by atomic mass is 35.5. The number of ether oxygens (including phenoxy) is 3. The fraction of sp³-hybridized carbons (Fsp3) is 0.385. The second-order valence-corrected chi connectivity index (χ2v) is 8.99. The Morgan fingerprint density at radius 2 is 2.00 bits per heavy atom. The van der Waals surface area contributed by atoms with E-state index in [-0.39, 0.29) is 31.6 Å². The van der Waals surface area contributed by atoms with Crippen molar-refractivity contribution in [1.29, 1.82) is 0 Å². The average Bonchev–Trinajstić information content (AvgIpc) is 3.51. The van der Waals surface area contributed by atoms with Gasteiger partial charge in [-0.1, -0.05) is 29.8 Å². The number of halogens is 1. The Labute approximate surface area is 203 Å². The van der Waals surface area contributed by atoms with Gasteiger partial charge in [0.25, 0.3) is 5.91 Å². The molecule has 1 aliphatic heterocycles. The van der Waals surface area contributed by atoms with Crippen LogP contribution in [0, 0.1) is 0 Å². The fourth-order valence-corrected chi connectivity index (χ4v) is 4.66. The topological polar surface area (TPSA) is 94.1 Å². The van der Waals surface area contributed by atoms with Gasteiger partial charge in [0.05, 0.1) is 30.4 Å². The van der Waals surface area contributed by atoms with Crippen LogP contribution in [0.15, 0.2) is 48.6 Å². The monoisotopic (exact) mass is 485 g/mol. The molecule has 1 atom stereocenters. The minimum absolute atomic E-state index is 0.165. The van der Waals surface area contributed by atoms with Crippen LogP contribution in [0.3, 0.4) is 0 Å². The highest BCUT2D eigenvalue weighted by Crippen LogP contribution is 2.29. The van der Waals surface area contributed by atoms with E-state index in [1.807, 2.05) is 6.07 Å². The number of benzene rings is 2. The summed E-state index contributed by atoms with van der Waals surface area (Å²) in [7, 11) is 1.54. The number of carbonyl (C=O) groups is 2. The maximum atomic E-state index is 12.8. The molecule has 2 aromatic carbocycles. The summed E-state index contributed by atoms with van der Waals surface area (Å²) in [6.45, 7) is 0.444. The molecule has 34 heavy (non-hydrogen) atoms. The van der Waals surface area contributed by atoms with Crippen LogP contribution in [-0.2, 0) is 22.5 Å². The molecule has 1 unspecified atom stereocenters. The van der Waals surface area contributed by atoms with E-state index in [0.717, 1.165) is 18.4 Å². The summed E-state index contributed by atoms with van der Waals surface area (Å²) < 4.78 is 16.9. The number of carbonyl (C=O) groups excluding carboxylic acids is 1. The van der Waals surface area contributed by atoms with Crippen LogP contribution >= 0.6 is 11.6 Å². The number of amides is 1. The molecule has 1 aliphatic carbocycles. The Bertz CT molecular complexity index is 1090. The first-order valence-electron chi connectivity index (χ1n) is 11.4. The van der Waals surface area contributed by atoms with Crippen LogP contribution in [-0.4, -0.2) is 42.4 Å². The first kappa shape index (κ1) is 24.1. The fourth-order valence-electron chi connectivity index (χ4n) is 4.41. The standard InChI is InChI=1S/C26H28ClNO6/c1-32-23-10-7-17(15-26(25(30)31)11-4-12-33-26)13-18(23)16-28-24(29)21-9-8-20(14-22(21)27)34-19-5-2-3-6-19/h4,7-11,13-14,19H,2-3,5-6,12,15-16H2,1H3,(H,28,29)(H,30,31). The molecule has 0 radical (unpaired) electrons. The third-order valence-corrected chi connectivity index (χ3v) is 6.54. The average molecular weight is 486 g/mol. The molecular weight excluding hydrogens is 458 g/mol. The SMILES string of the molecule is COc1ccc(CC2(C(=O)O)C=CCO2)cc1CNC(=O)c1ccc(OC2CCCC2)cc1Cl. The summed E-state index contributed by atoms with van der Waals surface area (Å²) in [6, 6.07) is 10.5. The van der Waals surface area contributed by atoms with E-state index in [1.54, 1.807) is 49.6 Å². The summed E-state index contributed by atoms with van der Waals surface area (Å²) in [5.74, 6) is -0.114. The van der Waals surface area contributed by atoms with Crippen molar-refractivity contribution in [1.82, 2.24) is 5.32 Å². The molecular formula is C26H28ClNO6. The van der Waals surface area contributed by atoms with Gasteiger partial charge < -0.3 is 24.6 Å². The van der Waals surface area contributed by atoms with Gasteiger partial charge in [-0.2, -0.15) is 0 Å². The van der Waals surface area contributed by atoms with E-state index < -0.39 is 11.6 Å². The van der Waals surface area contributed by atoms with E-state index in [2.05, 4.69) is 5.32 Å². The zero-order valence-corrected chi connectivity index (χ0v) is 19.8. The van der Waals surface area contributed by atoms with Gasteiger partial charge in [0.15, 0.2) is 5.60 Å². The predicted molar refractivity (Wildman–Crippen MR) is 128 cm³/mol. The molecule has 1 heterocycles. The van der Waals surface area contributed by atoms with Crippen molar-refractivity contribution < 1.29 is 28.9 Å². The van der Waals surface area contributed by atoms with E-state index >= 15 is 0 Å².